The number of nitrogens with one attached hydrogen (secondary N) is 1. The van der Waals surface area contributed by atoms with E-state index < -0.39 is 5.91 Å². The summed E-state index contributed by atoms with van der Waals surface area (Å²) < 4.78 is 26.4. The van der Waals surface area contributed by atoms with Crippen molar-refractivity contribution in [2.75, 3.05) is 46.6 Å². The van der Waals surface area contributed by atoms with Gasteiger partial charge in [0.25, 0.3) is 0 Å². The number of nitrogens with two attached hydrogens (primary N) is 1. The van der Waals surface area contributed by atoms with Crippen LogP contribution in [0, 0.1) is 20.8 Å². The van der Waals surface area contributed by atoms with Crippen molar-refractivity contribution in [3.8, 4) is 23.0 Å². The van der Waals surface area contributed by atoms with E-state index in [2.05, 4.69) is 80.7 Å². The van der Waals surface area contributed by atoms with Crippen LogP contribution in [0.25, 0.3) is 50.6 Å². The Balaban J connectivity index is 1.13. The van der Waals surface area contributed by atoms with Crippen LogP contribution in [0.5, 0.6) is 11.5 Å². The third-order valence-electron chi connectivity index (χ3n) is 11.7. The number of aromatic nitrogens is 8. The van der Waals surface area contributed by atoms with Gasteiger partial charge < -0.3 is 34.4 Å². The fourth-order valence-electron chi connectivity index (χ4n) is 8.87. The SMILES string of the molecule is CCn1nc(C)cc1-c1ncc2c3cc(C)cc(OCCCN4CCOCC4)c3n(C/C=C/Cn3c4c(c5cc(C(N)=O)cc(OC)c53)=CNC(c3cc(C)nn3CC)N=4)c2n1. The van der Waals surface area contributed by atoms with E-state index in [1.165, 1.54) is 0 Å². The molecule has 2 aliphatic heterocycles. The van der Waals surface area contributed by atoms with Crippen LogP contribution < -0.4 is 31.2 Å². The van der Waals surface area contributed by atoms with E-state index in [1.807, 2.05) is 47.7 Å². The Morgan fingerprint density at radius 3 is 2.40 bits per heavy atom. The molecule has 1 amide bonds. The number of morpholine rings is 1. The van der Waals surface area contributed by atoms with Gasteiger partial charge in [-0.3, -0.25) is 19.1 Å². The molecular formula is C46H54N12O4. The largest absolute Gasteiger partial charge is 0.495 e. The second-order valence-corrected chi connectivity index (χ2v) is 16.0. The van der Waals surface area contributed by atoms with Crippen LogP contribution in [0.3, 0.4) is 0 Å². The van der Waals surface area contributed by atoms with Gasteiger partial charge in [-0.25, -0.2) is 15.0 Å². The molecule has 2 aromatic carbocycles. The molecule has 5 aromatic heterocycles. The Bertz CT molecular complexity index is 2980. The van der Waals surface area contributed by atoms with Crippen molar-refractivity contribution in [3.63, 3.8) is 0 Å². The Morgan fingerprint density at radius 1 is 0.903 bits per heavy atom. The molecule has 1 unspecified atom stereocenters. The first kappa shape index (κ1) is 40.9. The number of aryl methyl sites for hydroxylation is 5. The smallest absolute Gasteiger partial charge is 0.248 e. The number of methoxy groups -OCH3 is 1. The van der Waals surface area contributed by atoms with Crippen molar-refractivity contribution in [3.05, 3.63) is 93.7 Å². The van der Waals surface area contributed by atoms with Crippen LogP contribution in [0.2, 0.25) is 0 Å². The van der Waals surface area contributed by atoms with Crippen LogP contribution in [0.15, 0.2) is 59.7 Å². The van der Waals surface area contributed by atoms with Gasteiger partial charge >= 0.3 is 0 Å². The van der Waals surface area contributed by atoms with E-state index in [4.69, 9.17) is 34.9 Å². The lowest BCUT2D eigenvalue weighted by Gasteiger charge is -2.26. The number of hydrogen-bond donors (Lipinski definition) is 2. The molecule has 0 bridgehead atoms. The van der Waals surface area contributed by atoms with Crippen LogP contribution in [0.1, 0.15) is 59.4 Å². The fraction of sp³-hybridized carbons (Fsp3) is 0.391. The first-order valence-electron chi connectivity index (χ1n) is 21.5. The Hall–Kier alpha value is -6.52. The molecule has 2 aliphatic rings. The van der Waals surface area contributed by atoms with E-state index in [0.717, 1.165) is 117 Å². The second-order valence-electron chi connectivity index (χ2n) is 16.0. The van der Waals surface area contributed by atoms with Crippen molar-refractivity contribution >= 4 is 44.9 Å². The lowest BCUT2D eigenvalue weighted by atomic mass is 10.1. The molecule has 0 radical (unpaired) electrons. The normalized spacial score (nSPS) is 15.6. The number of rotatable bonds is 15. The van der Waals surface area contributed by atoms with Crippen molar-refractivity contribution in [2.45, 2.75) is 73.4 Å². The number of allylic oxidation sites excluding steroid dienone is 2. The molecule has 0 aliphatic carbocycles. The molecule has 62 heavy (non-hydrogen) atoms. The molecule has 0 saturated carbocycles. The van der Waals surface area contributed by atoms with Crippen LogP contribution in [-0.2, 0) is 30.9 Å². The first-order valence-corrected chi connectivity index (χ1v) is 21.5. The Kier molecular flexibility index (Phi) is 11.3. The quantitative estimate of drug-likeness (QED) is 0.109. The highest BCUT2D eigenvalue weighted by molar-refractivity contribution is 6.09. The average molecular weight is 839 g/mol. The highest BCUT2D eigenvalue weighted by Gasteiger charge is 2.24. The molecule has 1 fully saturated rings. The second kappa shape index (κ2) is 17.1. The Morgan fingerprint density at radius 2 is 1.65 bits per heavy atom. The third kappa shape index (κ3) is 7.57. The standard InChI is InChI=1S/C46H54N12O4/c1-7-57-36(22-29(4)52-57)43-48-26-34-32-20-28(3)21-39(62-17-11-12-54-15-18-61-19-16-54)41(32)56(45(34)50-43)14-10-9-13-55-40-33(24-31(42(47)59)25-38(40)60-6)35-27-49-44(51-46(35)55)37-23-30(5)53-58(37)8-2/h9-10,20-27,44,49H,7-8,11-19H2,1-6H3,(H2,47,59)/b10-9+. The maximum atomic E-state index is 12.5. The average Bonchev–Trinajstić information content (AvgIpc) is 4.03. The van der Waals surface area contributed by atoms with Gasteiger partial charge in [-0.05, 0) is 83.0 Å². The predicted molar refractivity (Wildman–Crippen MR) is 239 cm³/mol. The summed E-state index contributed by atoms with van der Waals surface area (Å²) in [4.78, 5) is 30.3. The van der Waals surface area contributed by atoms with E-state index in [-0.39, 0.29) is 6.17 Å². The maximum Gasteiger partial charge on any atom is 0.248 e. The van der Waals surface area contributed by atoms with Gasteiger partial charge in [0.1, 0.15) is 28.3 Å². The zero-order valence-electron chi connectivity index (χ0n) is 36.3. The minimum Gasteiger partial charge on any atom is -0.495 e. The zero-order valence-corrected chi connectivity index (χ0v) is 36.3. The number of amides is 1. The first-order chi connectivity index (χ1) is 30.1. The van der Waals surface area contributed by atoms with Crippen LogP contribution in [0.4, 0.5) is 0 Å². The number of benzene rings is 2. The van der Waals surface area contributed by atoms with E-state index in [1.54, 1.807) is 13.2 Å². The number of fused-ring (bicyclic) bond motifs is 6. The molecule has 7 heterocycles. The molecule has 322 valence electrons. The lowest BCUT2D eigenvalue weighted by Crippen LogP contribution is -2.38. The summed E-state index contributed by atoms with van der Waals surface area (Å²) in [5.41, 5.74) is 14.3. The predicted octanol–water partition coefficient (Wildman–Crippen LogP) is 4.69. The highest BCUT2D eigenvalue weighted by atomic mass is 16.5. The summed E-state index contributed by atoms with van der Waals surface area (Å²) in [5, 5.41) is 16.5. The minimum absolute atomic E-state index is 0.360. The summed E-state index contributed by atoms with van der Waals surface area (Å²) in [5.74, 6) is 1.44. The maximum absolute atomic E-state index is 12.5. The topological polar surface area (TPSA) is 170 Å². The summed E-state index contributed by atoms with van der Waals surface area (Å²) >= 11 is 0. The monoisotopic (exact) mass is 838 g/mol. The van der Waals surface area contributed by atoms with Gasteiger partial charge in [-0.15, -0.1) is 0 Å². The molecule has 3 N–H and O–H groups in total. The van der Waals surface area contributed by atoms with Gasteiger partial charge in [0.15, 0.2) is 12.0 Å². The minimum atomic E-state index is -0.532. The summed E-state index contributed by atoms with van der Waals surface area (Å²) in [6.45, 7) is 17.6. The molecule has 16 heteroatoms. The Labute approximate surface area is 359 Å². The molecule has 1 atom stereocenters. The van der Waals surface area contributed by atoms with Crippen molar-refractivity contribution < 1.29 is 19.0 Å². The number of nitrogens with zero attached hydrogens (tertiary/aromatic N) is 10. The van der Waals surface area contributed by atoms with Crippen molar-refractivity contribution in [1.29, 1.82) is 0 Å². The fourth-order valence-corrected chi connectivity index (χ4v) is 8.87. The number of hydrogen-bond acceptors (Lipinski definition) is 11. The number of carbonyl (C=O) groups excluding carboxylic acids is 1. The van der Waals surface area contributed by atoms with Crippen LogP contribution >= 0.6 is 0 Å². The molecular weight excluding hydrogens is 785 g/mol. The van der Waals surface area contributed by atoms with Gasteiger partial charge in [0.2, 0.25) is 5.91 Å². The summed E-state index contributed by atoms with van der Waals surface area (Å²) in [6.07, 6.45) is 8.73. The number of carbonyl (C=O) groups is 1. The molecule has 1 saturated heterocycles. The van der Waals surface area contributed by atoms with Gasteiger partial charge in [-0.2, -0.15) is 10.2 Å². The summed E-state index contributed by atoms with van der Waals surface area (Å²) in [7, 11) is 1.60. The molecule has 9 rings (SSSR count). The highest BCUT2D eigenvalue weighted by Crippen LogP contribution is 2.36. The van der Waals surface area contributed by atoms with Crippen LogP contribution in [-0.4, -0.2) is 96.0 Å². The van der Waals surface area contributed by atoms with Gasteiger partial charge in [0.05, 0.1) is 55.0 Å². The van der Waals surface area contributed by atoms with Crippen molar-refractivity contribution in [2.24, 2.45) is 10.7 Å². The molecule has 0 spiro atoms. The lowest BCUT2D eigenvalue weighted by molar-refractivity contribution is 0.0358. The number of primary amides is 1. The van der Waals surface area contributed by atoms with Gasteiger partial charge in [0, 0.05) is 85.2 Å². The van der Waals surface area contributed by atoms with Crippen molar-refractivity contribution in [1.82, 2.24) is 48.9 Å². The van der Waals surface area contributed by atoms with E-state index >= 15 is 0 Å². The molecule has 7 aromatic rings. The van der Waals surface area contributed by atoms with E-state index in [9.17, 15) is 4.79 Å². The van der Waals surface area contributed by atoms with Gasteiger partial charge in [-0.1, -0.05) is 12.2 Å². The summed E-state index contributed by atoms with van der Waals surface area (Å²) in [6, 6.07) is 11.9. The molecule has 16 nitrogen and oxygen atoms in total. The van der Waals surface area contributed by atoms with E-state index in [0.29, 0.717) is 49.9 Å². The third-order valence-corrected chi connectivity index (χ3v) is 11.7. The number of ether oxygens (including phenoxy) is 3. The zero-order chi connectivity index (χ0) is 43.1.